The Bertz CT molecular complexity index is 1380. The molecular formula is C26H25F2N3O3. The zero-order chi connectivity index (χ0) is 24.0. The highest BCUT2D eigenvalue weighted by Gasteiger charge is 2.33. The molecule has 0 bridgehead atoms. The molecule has 3 aromatic heterocycles. The Hall–Kier alpha value is -3.55. The summed E-state index contributed by atoms with van der Waals surface area (Å²) in [6, 6.07) is 5.93. The van der Waals surface area contributed by atoms with Crippen LogP contribution in [0, 0.1) is 19.7 Å². The van der Waals surface area contributed by atoms with Gasteiger partial charge >= 0.3 is 5.97 Å². The van der Waals surface area contributed by atoms with Crippen LogP contribution in [-0.4, -0.2) is 31.5 Å². The molecule has 0 radical (unpaired) electrons. The number of nitrogens with zero attached hydrogens (tertiary/aromatic N) is 3. The third-order valence-corrected chi connectivity index (χ3v) is 6.75. The first-order valence-electron chi connectivity index (χ1n) is 11.4. The number of aromatic nitrogens is 3. The van der Waals surface area contributed by atoms with Gasteiger partial charge in [-0.15, -0.1) is 0 Å². The summed E-state index contributed by atoms with van der Waals surface area (Å²) in [5.41, 5.74) is 3.08. The molecular weight excluding hydrogens is 440 g/mol. The second-order valence-electron chi connectivity index (χ2n) is 9.17. The van der Waals surface area contributed by atoms with E-state index in [4.69, 9.17) is 9.63 Å². The molecule has 4 aromatic rings. The van der Waals surface area contributed by atoms with E-state index in [1.54, 1.807) is 18.5 Å². The molecule has 34 heavy (non-hydrogen) atoms. The zero-order valence-corrected chi connectivity index (χ0v) is 19.1. The van der Waals surface area contributed by atoms with Gasteiger partial charge in [0.15, 0.2) is 0 Å². The highest BCUT2D eigenvalue weighted by atomic mass is 19.1. The normalized spacial score (nSPS) is 15.6. The molecule has 1 aliphatic rings. The lowest BCUT2D eigenvalue weighted by molar-refractivity contribution is 0.0691. The number of hydrogen-bond donors (Lipinski definition) is 1. The van der Waals surface area contributed by atoms with Crippen molar-refractivity contribution in [2.24, 2.45) is 0 Å². The predicted molar refractivity (Wildman–Crippen MR) is 124 cm³/mol. The highest BCUT2D eigenvalue weighted by Crippen LogP contribution is 2.38. The Morgan fingerprint density at radius 3 is 2.59 bits per heavy atom. The van der Waals surface area contributed by atoms with E-state index in [0.717, 1.165) is 41.6 Å². The summed E-state index contributed by atoms with van der Waals surface area (Å²) in [5, 5.41) is 13.2. The Balaban J connectivity index is 1.67. The fourth-order valence-corrected chi connectivity index (χ4v) is 5.04. The second-order valence-corrected chi connectivity index (χ2v) is 9.17. The van der Waals surface area contributed by atoms with Crippen molar-refractivity contribution in [3.8, 4) is 22.3 Å². The van der Waals surface area contributed by atoms with E-state index in [1.807, 2.05) is 24.5 Å². The molecule has 0 amide bonds. The van der Waals surface area contributed by atoms with E-state index in [9.17, 15) is 9.18 Å². The van der Waals surface area contributed by atoms with Crippen LogP contribution in [0.5, 0.6) is 0 Å². The summed E-state index contributed by atoms with van der Waals surface area (Å²) in [5.74, 6) is -1.49. The van der Waals surface area contributed by atoms with Gasteiger partial charge < -0.3 is 14.2 Å². The highest BCUT2D eigenvalue weighted by molar-refractivity contribution is 5.96. The van der Waals surface area contributed by atoms with Gasteiger partial charge in [0.2, 0.25) is 0 Å². The van der Waals surface area contributed by atoms with Gasteiger partial charge in [0.05, 0.1) is 28.8 Å². The molecule has 176 valence electrons. The molecule has 0 aliphatic heterocycles. The number of alkyl halides is 1. The van der Waals surface area contributed by atoms with Gasteiger partial charge in [0.25, 0.3) is 0 Å². The average Bonchev–Trinajstić information content (AvgIpc) is 3.32. The number of carbonyl (C=O) groups is 1. The number of pyridine rings is 1. The maximum atomic E-state index is 15.7. The number of fused-ring (bicyclic) bond motifs is 1. The van der Waals surface area contributed by atoms with Crippen molar-refractivity contribution in [1.29, 1.82) is 0 Å². The van der Waals surface area contributed by atoms with Crippen molar-refractivity contribution in [2.45, 2.75) is 58.2 Å². The van der Waals surface area contributed by atoms with Crippen LogP contribution in [0.3, 0.4) is 0 Å². The number of hydrogen-bond acceptors (Lipinski definition) is 4. The molecule has 3 heterocycles. The Labute approximate surface area is 195 Å². The van der Waals surface area contributed by atoms with E-state index in [-0.39, 0.29) is 6.54 Å². The van der Waals surface area contributed by atoms with Crippen LogP contribution >= 0.6 is 0 Å². The van der Waals surface area contributed by atoms with Crippen LogP contribution in [0.25, 0.3) is 33.3 Å². The van der Waals surface area contributed by atoms with Crippen LogP contribution in [0.1, 0.15) is 53.9 Å². The molecule has 0 atom stereocenters. The van der Waals surface area contributed by atoms with Gasteiger partial charge in [0, 0.05) is 29.1 Å². The number of rotatable bonds is 5. The SMILES string of the molecule is Cc1noc(C)c1-c1cnc2c(-c3ccc(C(=O)O)c(F)c3)cn(CC3(F)CCCCC3)c2c1. The van der Waals surface area contributed by atoms with Crippen LogP contribution in [0.4, 0.5) is 8.78 Å². The lowest BCUT2D eigenvalue weighted by atomic mass is 9.86. The van der Waals surface area contributed by atoms with Gasteiger partial charge in [0.1, 0.15) is 17.2 Å². The minimum Gasteiger partial charge on any atom is -0.478 e. The van der Waals surface area contributed by atoms with Crippen LogP contribution in [0.2, 0.25) is 0 Å². The summed E-state index contributed by atoms with van der Waals surface area (Å²) in [4.78, 5) is 15.9. The van der Waals surface area contributed by atoms with Gasteiger partial charge in [-0.1, -0.05) is 30.5 Å². The summed E-state index contributed by atoms with van der Waals surface area (Å²) >= 11 is 0. The van der Waals surface area contributed by atoms with Crippen molar-refractivity contribution in [3.63, 3.8) is 0 Å². The smallest absolute Gasteiger partial charge is 0.338 e. The second kappa shape index (κ2) is 8.34. The monoisotopic (exact) mass is 465 g/mol. The number of carboxylic acid groups (broad SMARTS) is 1. The summed E-state index contributed by atoms with van der Waals surface area (Å²) in [6.45, 7) is 3.85. The maximum absolute atomic E-state index is 15.7. The van der Waals surface area contributed by atoms with Crippen molar-refractivity contribution in [1.82, 2.24) is 14.7 Å². The molecule has 0 saturated heterocycles. The van der Waals surface area contributed by atoms with Crippen LogP contribution in [-0.2, 0) is 6.54 Å². The number of halogens is 2. The standard InChI is InChI=1S/C26H25F2N3O3/c1-15-23(16(2)34-30-15)18-11-22-24(29-12-18)20(17-6-7-19(25(32)33)21(27)10-17)13-31(22)14-26(28)8-4-3-5-9-26/h6-7,10-13H,3-5,8-9,14H2,1-2H3,(H,32,33). The van der Waals surface area contributed by atoms with E-state index >= 15 is 4.39 Å². The van der Waals surface area contributed by atoms with Gasteiger partial charge in [-0.05, 0) is 50.5 Å². The number of carboxylic acids is 1. The molecule has 5 rings (SSSR count). The molecule has 1 fully saturated rings. The molecule has 0 unspecified atom stereocenters. The Morgan fingerprint density at radius 2 is 1.94 bits per heavy atom. The first-order chi connectivity index (χ1) is 16.3. The fraction of sp³-hybridized carbons (Fsp3) is 0.346. The molecule has 8 heteroatoms. The number of aromatic carboxylic acids is 1. The Morgan fingerprint density at radius 1 is 1.18 bits per heavy atom. The minimum atomic E-state index is -1.33. The summed E-state index contributed by atoms with van der Waals surface area (Å²) in [6.07, 6.45) is 7.24. The van der Waals surface area contributed by atoms with Crippen LogP contribution < -0.4 is 0 Å². The quantitative estimate of drug-likeness (QED) is 0.365. The third-order valence-electron chi connectivity index (χ3n) is 6.75. The Kier molecular flexibility index (Phi) is 5.46. The largest absolute Gasteiger partial charge is 0.478 e. The van der Waals surface area contributed by atoms with Crippen molar-refractivity contribution in [2.75, 3.05) is 0 Å². The number of benzene rings is 1. The molecule has 1 N–H and O–H groups in total. The van der Waals surface area contributed by atoms with Gasteiger partial charge in [-0.25, -0.2) is 13.6 Å². The van der Waals surface area contributed by atoms with Gasteiger partial charge in [-0.3, -0.25) is 4.98 Å². The lowest BCUT2D eigenvalue weighted by Gasteiger charge is -2.30. The summed E-state index contributed by atoms with van der Waals surface area (Å²) < 4.78 is 37.4. The molecule has 1 aliphatic carbocycles. The van der Waals surface area contributed by atoms with Crippen molar-refractivity contribution in [3.05, 3.63) is 59.5 Å². The molecule has 6 nitrogen and oxygen atoms in total. The van der Waals surface area contributed by atoms with E-state index in [1.165, 1.54) is 12.1 Å². The van der Waals surface area contributed by atoms with E-state index in [0.29, 0.717) is 35.2 Å². The minimum absolute atomic E-state index is 0.173. The fourth-order valence-electron chi connectivity index (χ4n) is 5.04. The summed E-state index contributed by atoms with van der Waals surface area (Å²) in [7, 11) is 0. The lowest BCUT2D eigenvalue weighted by Crippen LogP contribution is -2.31. The first kappa shape index (κ1) is 22.3. The third kappa shape index (κ3) is 3.87. The van der Waals surface area contributed by atoms with E-state index in [2.05, 4.69) is 10.1 Å². The maximum Gasteiger partial charge on any atom is 0.338 e. The van der Waals surface area contributed by atoms with E-state index < -0.39 is 23.0 Å². The van der Waals surface area contributed by atoms with Crippen molar-refractivity contribution < 1.29 is 23.2 Å². The van der Waals surface area contributed by atoms with Crippen LogP contribution in [0.15, 0.2) is 41.2 Å². The first-order valence-corrected chi connectivity index (χ1v) is 11.4. The molecule has 0 spiro atoms. The topological polar surface area (TPSA) is 81.2 Å². The molecule has 1 aromatic carbocycles. The van der Waals surface area contributed by atoms with Crippen molar-refractivity contribution >= 4 is 17.0 Å². The predicted octanol–water partition coefficient (Wildman–Crippen LogP) is 6.48. The van der Waals surface area contributed by atoms with Gasteiger partial charge in [-0.2, -0.15) is 0 Å². The zero-order valence-electron chi connectivity index (χ0n) is 19.1. The average molecular weight is 466 g/mol. The number of aryl methyl sites for hydroxylation is 2. The molecule has 1 saturated carbocycles.